The topological polar surface area (TPSA) is 85.6 Å². The first-order chi connectivity index (χ1) is 16.2. The van der Waals surface area contributed by atoms with Gasteiger partial charge in [0, 0.05) is 29.6 Å². The molecule has 4 aromatic rings. The van der Waals surface area contributed by atoms with E-state index in [0.717, 1.165) is 17.4 Å². The molecule has 164 valence electrons. The smallest absolute Gasteiger partial charge is 0.231 e. The quantitative estimate of drug-likeness (QED) is 0.443. The van der Waals surface area contributed by atoms with Gasteiger partial charge in [0.05, 0.1) is 36.7 Å². The van der Waals surface area contributed by atoms with Gasteiger partial charge in [0.15, 0.2) is 23.0 Å². The molecule has 0 radical (unpaired) electrons. The minimum Gasteiger partial charge on any atom is -0.493 e. The maximum Gasteiger partial charge on any atom is 0.231 e. The van der Waals surface area contributed by atoms with E-state index in [0.29, 0.717) is 45.5 Å². The molecule has 0 atom stereocenters. The number of nitriles is 1. The number of hydrogen-bond acceptors (Lipinski definition) is 7. The van der Waals surface area contributed by atoms with Crippen LogP contribution in [0.25, 0.3) is 10.9 Å². The number of nitrogens with one attached hydrogen (secondary N) is 1. The molecule has 0 unspecified atom stereocenters. The average Bonchev–Trinajstić information content (AvgIpc) is 3.36. The number of rotatable bonds is 6. The van der Waals surface area contributed by atoms with Crippen LogP contribution < -0.4 is 24.3 Å². The highest BCUT2D eigenvalue weighted by molar-refractivity contribution is 5.98. The zero-order valence-electron chi connectivity index (χ0n) is 18.2. The average molecular weight is 439 g/mol. The molecule has 5 rings (SSSR count). The fraction of sp³-hybridized carbons (Fsp3) is 0.154. The maximum atomic E-state index is 9.74. The Balaban J connectivity index is 1.59. The van der Waals surface area contributed by atoms with Gasteiger partial charge in [0.25, 0.3) is 0 Å². The highest BCUT2D eigenvalue weighted by atomic mass is 16.7. The monoisotopic (exact) mass is 439 g/mol. The molecule has 2 heterocycles. The van der Waals surface area contributed by atoms with E-state index in [-0.39, 0.29) is 6.79 Å². The molecule has 7 heteroatoms. The minimum atomic E-state index is 0.142. The Labute approximate surface area is 191 Å². The number of methoxy groups -OCH3 is 2. The summed E-state index contributed by atoms with van der Waals surface area (Å²) in [7, 11) is 3.14. The van der Waals surface area contributed by atoms with Gasteiger partial charge in [-0.25, -0.2) is 0 Å². The van der Waals surface area contributed by atoms with Gasteiger partial charge < -0.3 is 24.3 Å². The third kappa shape index (κ3) is 3.72. The lowest BCUT2D eigenvalue weighted by Crippen LogP contribution is -2.00. The van der Waals surface area contributed by atoms with E-state index in [9.17, 15) is 5.26 Å². The van der Waals surface area contributed by atoms with E-state index in [4.69, 9.17) is 18.9 Å². The summed E-state index contributed by atoms with van der Waals surface area (Å²) in [5, 5.41) is 13.9. The number of anilines is 2. The number of hydrogen-bond donors (Lipinski definition) is 1. The third-order valence-corrected chi connectivity index (χ3v) is 5.59. The van der Waals surface area contributed by atoms with Gasteiger partial charge in [-0.1, -0.05) is 36.4 Å². The Morgan fingerprint density at radius 2 is 1.76 bits per heavy atom. The Kier molecular flexibility index (Phi) is 5.33. The molecular weight excluding hydrogens is 418 g/mol. The van der Waals surface area contributed by atoms with Crippen LogP contribution in [0.4, 0.5) is 11.4 Å². The van der Waals surface area contributed by atoms with Crippen molar-refractivity contribution in [2.45, 2.75) is 6.42 Å². The predicted molar refractivity (Wildman–Crippen MR) is 125 cm³/mol. The van der Waals surface area contributed by atoms with Crippen molar-refractivity contribution in [2.24, 2.45) is 0 Å². The number of aromatic nitrogens is 1. The van der Waals surface area contributed by atoms with E-state index >= 15 is 0 Å². The predicted octanol–water partition coefficient (Wildman–Crippen LogP) is 5.19. The highest BCUT2D eigenvalue weighted by Gasteiger charge is 2.23. The molecule has 1 aliphatic rings. The Morgan fingerprint density at radius 1 is 1.00 bits per heavy atom. The first kappa shape index (κ1) is 20.5. The molecule has 3 aromatic carbocycles. The van der Waals surface area contributed by atoms with Crippen LogP contribution in [-0.4, -0.2) is 26.0 Å². The zero-order chi connectivity index (χ0) is 22.8. The van der Waals surface area contributed by atoms with E-state index in [1.54, 1.807) is 20.3 Å². The summed E-state index contributed by atoms with van der Waals surface area (Å²) in [6.45, 7) is 0.142. The van der Waals surface area contributed by atoms with Crippen LogP contribution in [0.1, 0.15) is 16.7 Å². The minimum absolute atomic E-state index is 0.142. The molecule has 0 bridgehead atoms. The van der Waals surface area contributed by atoms with E-state index in [2.05, 4.69) is 28.5 Å². The van der Waals surface area contributed by atoms with Gasteiger partial charge in [-0.3, -0.25) is 4.98 Å². The van der Waals surface area contributed by atoms with Gasteiger partial charge in [0.2, 0.25) is 6.79 Å². The molecule has 33 heavy (non-hydrogen) atoms. The number of pyridine rings is 1. The summed E-state index contributed by atoms with van der Waals surface area (Å²) >= 11 is 0. The van der Waals surface area contributed by atoms with Crippen molar-refractivity contribution in [3.8, 4) is 29.1 Å². The molecule has 1 N–H and O–H groups in total. The Morgan fingerprint density at radius 3 is 2.52 bits per heavy atom. The summed E-state index contributed by atoms with van der Waals surface area (Å²) in [4.78, 5) is 4.42. The van der Waals surface area contributed by atoms with Crippen LogP contribution >= 0.6 is 0 Å². The molecule has 0 aliphatic carbocycles. The second-order valence-electron chi connectivity index (χ2n) is 7.51. The van der Waals surface area contributed by atoms with Crippen LogP contribution in [0.2, 0.25) is 0 Å². The van der Waals surface area contributed by atoms with Crippen LogP contribution in [-0.2, 0) is 6.42 Å². The van der Waals surface area contributed by atoms with E-state index in [1.165, 1.54) is 11.8 Å². The van der Waals surface area contributed by atoms with Gasteiger partial charge >= 0.3 is 0 Å². The second-order valence-corrected chi connectivity index (χ2v) is 7.51. The van der Waals surface area contributed by atoms with Crippen molar-refractivity contribution in [2.75, 3.05) is 26.3 Å². The van der Waals surface area contributed by atoms with Gasteiger partial charge in [-0.15, -0.1) is 0 Å². The van der Waals surface area contributed by atoms with Gasteiger partial charge in [-0.05, 0) is 17.7 Å². The lowest BCUT2D eigenvalue weighted by molar-refractivity contribution is 0.173. The SMILES string of the molecule is COc1cc2ncc(C#N)c(Nc3ccc(Cc4ccccc4)c4c3OCO4)c2cc1OC. The lowest BCUT2D eigenvalue weighted by Gasteiger charge is -2.16. The van der Waals surface area contributed by atoms with Crippen LogP contribution in [0, 0.1) is 11.3 Å². The van der Waals surface area contributed by atoms with Crippen molar-refractivity contribution in [1.29, 1.82) is 5.26 Å². The number of ether oxygens (including phenoxy) is 4. The standard InChI is InChI=1S/C26H21N3O4/c1-30-22-11-19-21(12-23(22)31-2)28-14-18(13-27)24(19)29-20-9-8-17(25-26(20)33-15-32-25)10-16-6-4-3-5-7-16/h3-9,11-12,14H,10,15H2,1-2H3,(H,28,29). The van der Waals surface area contributed by atoms with Crippen LogP contribution in [0.15, 0.2) is 60.8 Å². The molecule has 1 aromatic heterocycles. The van der Waals surface area contributed by atoms with Gasteiger partial charge in [-0.2, -0.15) is 5.26 Å². The normalized spacial score (nSPS) is 11.8. The van der Waals surface area contributed by atoms with Crippen molar-refractivity contribution >= 4 is 22.3 Å². The molecule has 7 nitrogen and oxygen atoms in total. The zero-order valence-corrected chi connectivity index (χ0v) is 18.2. The van der Waals surface area contributed by atoms with Crippen molar-refractivity contribution in [3.05, 3.63) is 77.5 Å². The summed E-state index contributed by atoms with van der Waals surface area (Å²) in [5.74, 6) is 2.45. The third-order valence-electron chi connectivity index (χ3n) is 5.59. The fourth-order valence-electron chi connectivity index (χ4n) is 3.98. The number of fused-ring (bicyclic) bond motifs is 2. The van der Waals surface area contributed by atoms with Crippen LogP contribution in [0.5, 0.6) is 23.0 Å². The molecule has 1 aliphatic heterocycles. The molecule has 0 saturated heterocycles. The fourth-order valence-corrected chi connectivity index (χ4v) is 3.98. The molecule has 0 saturated carbocycles. The van der Waals surface area contributed by atoms with Crippen molar-refractivity contribution in [3.63, 3.8) is 0 Å². The molecule has 0 amide bonds. The summed E-state index contributed by atoms with van der Waals surface area (Å²) in [5.41, 5.74) is 4.60. The summed E-state index contributed by atoms with van der Waals surface area (Å²) in [6.07, 6.45) is 2.27. The number of nitrogens with zero attached hydrogens (tertiary/aromatic N) is 2. The Bertz CT molecular complexity index is 1380. The molecular formula is C26H21N3O4. The van der Waals surface area contributed by atoms with Crippen molar-refractivity contribution < 1.29 is 18.9 Å². The molecule has 0 fully saturated rings. The lowest BCUT2D eigenvalue weighted by atomic mass is 10.0. The molecule has 0 spiro atoms. The summed E-state index contributed by atoms with van der Waals surface area (Å²) < 4.78 is 22.5. The number of benzene rings is 3. The van der Waals surface area contributed by atoms with Gasteiger partial charge in [0.1, 0.15) is 6.07 Å². The van der Waals surface area contributed by atoms with Crippen molar-refractivity contribution in [1.82, 2.24) is 4.98 Å². The first-order valence-corrected chi connectivity index (χ1v) is 10.4. The summed E-state index contributed by atoms with van der Waals surface area (Å²) in [6, 6.07) is 20.0. The Hall–Kier alpha value is -4.44. The maximum absolute atomic E-state index is 9.74. The van der Waals surface area contributed by atoms with E-state index in [1.807, 2.05) is 36.4 Å². The van der Waals surface area contributed by atoms with Crippen LogP contribution in [0.3, 0.4) is 0 Å². The second kappa shape index (κ2) is 8.60. The largest absolute Gasteiger partial charge is 0.493 e. The van der Waals surface area contributed by atoms with E-state index < -0.39 is 0 Å². The highest BCUT2D eigenvalue weighted by Crippen LogP contribution is 2.45. The first-order valence-electron chi connectivity index (χ1n) is 10.4.